The zero-order valence-corrected chi connectivity index (χ0v) is 14.0. The Kier molecular flexibility index (Phi) is 4.92. The molecule has 1 aromatic carbocycles. The molecule has 0 aliphatic carbocycles. The predicted octanol–water partition coefficient (Wildman–Crippen LogP) is 2.30. The fourth-order valence-corrected chi connectivity index (χ4v) is 2.65. The molecule has 1 amide bonds. The van der Waals surface area contributed by atoms with Crippen LogP contribution in [0.5, 0.6) is 0 Å². The van der Waals surface area contributed by atoms with Gasteiger partial charge in [-0.05, 0) is 18.2 Å². The highest BCUT2D eigenvalue weighted by Crippen LogP contribution is 2.31. The van der Waals surface area contributed by atoms with E-state index in [1.165, 1.54) is 25.3 Å². The van der Waals surface area contributed by atoms with E-state index in [9.17, 15) is 18.0 Å². The third-order valence-electron chi connectivity index (χ3n) is 4.04. The molecule has 0 bridgehead atoms. The number of aromatic nitrogens is 3. The van der Waals surface area contributed by atoms with E-state index in [-0.39, 0.29) is 17.5 Å². The second-order valence-corrected chi connectivity index (χ2v) is 5.83. The first kappa shape index (κ1) is 17.9. The maximum atomic E-state index is 12.8. The molecule has 0 radical (unpaired) electrons. The smallest absolute Gasteiger partial charge is 0.352 e. The Morgan fingerprint density at radius 3 is 2.58 bits per heavy atom. The van der Waals surface area contributed by atoms with E-state index in [1.54, 1.807) is 4.90 Å². The van der Waals surface area contributed by atoms with Crippen molar-refractivity contribution in [1.29, 1.82) is 0 Å². The lowest BCUT2D eigenvalue weighted by atomic mass is 10.2. The molecule has 0 saturated carbocycles. The fourth-order valence-electron chi connectivity index (χ4n) is 2.65. The number of nitrogens with zero attached hydrogens (tertiary/aromatic N) is 5. The van der Waals surface area contributed by atoms with Gasteiger partial charge in [0.15, 0.2) is 5.82 Å². The van der Waals surface area contributed by atoms with E-state index in [2.05, 4.69) is 20.5 Å². The van der Waals surface area contributed by atoms with Gasteiger partial charge in [-0.25, -0.2) is 0 Å². The van der Waals surface area contributed by atoms with Gasteiger partial charge in [-0.15, -0.1) is 5.10 Å². The SMILES string of the molecule is CC(=O)N1CCN(c2cnnc(Nc3cccc(C(F)(F)F)c3)n2)CC1. The number of rotatable bonds is 3. The number of amides is 1. The molecular formula is C16H17F3N6O. The van der Waals surface area contributed by atoms with Crippen molar-refractivity contribution in [2.24, 2.45) is 0 Å². The zero-order chi connectivity index (χ0) is 18.7. The molecule has 138 valence electrons. The summed E-state index contributed by atoms with van der Waals surface area (Å²) in [5, 5.41) is 10.4. The van der Waals surface area contributed by atoms with E-state index in [4.69, 9.17) is 0 Å². The maximum Gasteiger partial charge on any atom is 0.416 e. The van der Waals surface area contributed by atoms with Crippen LogP contribution in [0, 0.1) is 0 Å². The van der Waals surface area contributed by atoms with Crippen LogP contribution in [0.4, 0.5) is 30.6 Å². The molecule has 0 atom stereocenters. The molecule has 1 aliphatic heterocycles. The molecule has 1 aromatic heterocycles. The third-order valence-corrected chi connectivity index (χ3v) is 4.04. The molecule has 3 rings (SSSR count). The van der Waals surface area contributed by atoms with E-state index in [0.717, 1.165) is 12.1 Å². The molecule has 2 heterocycles. The number of hydrogen-bond donors (Lipinski definition) is 1. The Hall–Kier alpha value is -2.91. The normalized spacial score (nSPS) is 15.1. The minimum atomic E-state index is -4.42. The lowest BCUT2D eigenvalue weighted by Gasteiger charge is -2.34. The molecule has 1 saturated heterocycles. The van der Waals surface area contributed by atoms with Gasteiger partial charge in [-0.3, -0.25) is 4.79 Å². The number of carbonyl (C=O) groups is 1. The molecule has 1 N–H and O–H groups in total. The quantitative estimate of drug-likeness (QED) is 0.899. The molecule has 0 spiro atoms. The Balaban J connectivity index is 1.71. The van der Waals surface area contributed by atoms with Gasteiger partial charge in [0.25, 0.3) is 0 Å². The van der Waals surface area contributed by atoms with E-state index < -0.39 is 11.7 Å². The summed E-state index contributed by atoms with van der Waals surface area (Å²) in [6, 6.07) is 4.79. The van der Waals surface area contributed by atoms with Crippen molar-refractivity contribution in [1.82, 2.24) is 20.1 Å². The Morgan fingerprint density at radius 1 is 1.19 bits per heavy atom. The summed E-state index contributed by atoms with van der Waals surface area (Å²) >= 11 is 0. The number of piperazine rings is 1. The number of hydrogen-bond acceptors (Lipinski definition) is 6. The largest absolute Gasteiger partial charge is 0.416 e. The topological polar surface area (TPSA) is 74.2 Å². The van der Waals surface area contributed by atoms with Crippen molar-refractivity contribution in [3.05, 3.63) is 36.0 Å². The second kappa shape index (κ2) is 7.14. The van der Waals surface area contributed by atoms with E-state index >= 15 is 0 Å². The molecule has 1 aliphatic rings. The van der Waals surface area contributed by atoms with Crippen molar-refractivity contribution >= 4 is 23.4 Å². The van der Waals surface area contributed by atoms with Gasteiger partial charge >= 0.3 is 6.18 Å². The van der Waals surface area contributed by atoms with Gasteiger partial charge in [-0.2, -0.15) is 23.3 Å². The maximum absolute atomic E-state index is 12.8. The van der Waals surface area contributed by atoms with Crippen LogP contribution in [0.2, 0.25) is 0 Å². The van der Waals surface area contributed by atoms with Crippen molar-refractivity contribution in [2.75, 3.05) is 36.4 Å². The lowest BCUT2D eigenvalue weighted by Crippen LogP contribution is -2.48. The highest BCUT2D eigenvalue weighted by Gasteiger charge is 2.30. The first-order valence-electron chi connectivity index (χ1n) is 7.97. The minimum Gasteiger partial charge on any atom is -0.352 e. The van der Waals surface area contributed by atoms with Gasteiger partial charge in [0, 0.05) is 38.8 Å². The third kappa shape index (κ3) is 4.19. The average molecular weight is 366 g/mol. The number of benzene rings is 1. The molecule has 26 heavy (non-hydrogen) atoms. The Bertz CT molecular complexity index is 790. The fraction of sp³-hybridized carbons (Fsp3) is 0.375. The Morgan fingerprint density at radius 2 is 1.92 bits per heavy atom. The highest BCUT2D eigenvalue weighted by molar-refractivity contribution is 5.73. The number of nitrogens with one attached hydrogen (secondary N) is 1. The van der Waals surface area contributed by atoms with Crippen LogP contribution in [0.1, 0.15) is 12.5 Å². The van der Waals surface area contributed by atoms with Crippen LogP contribution in [0.3, 0.4) is 0 Å². The van der Waals surface area contributed by atoms with Gasteiger partial charge < -0.3 is 15.1 Å². The second-order valence-electron chi connectivity index (χ2n) is 5.83. The molecule has 1 fully saturated rings. The zero-order valence-electron chi connectivity index (χ0n) is 14.0. The van der Waals surface area contributed by atoms with Crippen LogP contribution in [0.15, 0.2) is 30.5 Å². The monoisotopic (exact) mass is 366 g/mol. The van der Waals surface area contributed by atoms with E-state index in [0.29, 0.717) is 32.0 Å². The van der Waals surface area contributed by atoms with Crippen LogP contribution in [-0.4, -0.2) is 52.2 Å². The van der Waals surface area contributed by atoms with Gasteiger partial charge in [0.2, 0.25) is 11.9 Å². The molecular weight excluding hydrogens is 349 g/mol. The van der Waals surface area contributed by atoms with Gasteiger partial charge in [-0.1, -0.05) is 6.07 Å². The minimum absolute atomic E-state index is 0.0253. The summed E-state index contributed by atoms with van der Waals surface area (Å²) in [6.07, 6.45) is -2.93. The summed E-state index contributed by atoms with van der Waals surface area (Å²) in [4.78, 5) is 19.4. The number of halogens is 3. The molecule has 0 unspecified atom stereocenters. The van der Waals surface area contributed by atoms with Gasteiger partial charge in [0.1, 0.15) is 0 Å². The van der Waals surface area contributed by atoms with Crippen LogP contribution in [0.25, 0.3) is 0 Å². The summed E-state index contributed by atoms with van der Waals surface area (Å²) in [5.41, 5.74) is -0.535. The summed E-state index contributed by atoms with van der Waals surface area (Å²) in [5.74, 6) is 0.686. The average Bonchev–Trinajstić information content (AvgIpc) is 2.61. The molecule has 2 aromatic rings. The summed E-state index contributed by atoms with van der Waals surface area (Å²) < 4.78 is 38.4. The van der Waals surface area contributed by atoms with Crippen molar-refractivity contribution in [2.45, 2.75) is 13.1 Å². The van der Waals surface area contributed by atoms with E-state index in [1.807, 2.05) is 4.90 Å². The number of carbonyl (C=O) groups excluding carboxylic acids is 1. The first-order chi connectivity index (χ1) is 12.3. The number of alkyl halides is 3. The highest BCUT2D eigenvalue weighted by atomic mass is 19.4. The predicted molar refractivity (Wildman–Crippen MR) is 89.0 cm³/mol. The van der Waals surface area contributed by atoms with Crippen molar-refractivity contribution < 1.29 is 18.0 Å². The van der Waals surface area contributed by atoms with Crippen LogP contribution in [-0.2, 0) is 11.0 Å². The molecule has 10 heteroatoms. The molecule has 7 nitrogen and oxygen atoms in total. The standard InChI is InChI=1S/C16H17F3N6O/c1-11(26)24-5-7-25(8-6-24)14-10-20-23-15(22-14)21-13-4-2-3-12(9-13)16(17,18)19/h2-4,9-10H,5-8H2,1H3,(H,21,22,23). The number of anilines is 3. The van der Waals surface area contributed by atoms with Crippen LogP contribution < -0.4 is 10.2 Å². The van der Waals surface area contributed by atoms with Gasteiger partial charge in [0.05, 0.1) is 11.8 Å². The van der Waals surface area contributed by atoms with Crippen molar-refractivity contribution in [3.63, 3.8) is 0 Å². The van der Waals surface area contributed by atoms with Crippen LogP contribution >= 0.6 is 0 Å². The van der Waals surface area contributed by atoms with Crippen molar-refractivity contribution in [3.8, 4) is 0 Å². The first-order valence-corrected chi connectivity index (χ1v) is 7.97. The lowest BCUT2D eigenvalue weighted by molar-refractivity contribution is -0.137. The summed E-state index contributed by atoms with van der Waals surface area (Å²) in [6.45, 7) is 3.88. The Labute approximate surface area is 147 Å². The summed E-state index contributed by atoms with van der Waals surface area (Å²) in [7, 11) is 0.